The van der Waals surface area contributed by atoms with Crippen molar-refractivity contribution in [1.82, 2.24) is 4.98 Å². The predicted octanol–water partition coefficient (Wildman–Crippen LogP) is 1.14. The summed E-state index contributed by atoms with van der Waals surface area (Å²) in [5.41, 5.74) is 0.608. The smallest absolute Gasteiger partial charge is 0.123 e. The molecular weight excluding hydrogens is 154 g/mol. The molecule has 0 saturated heterocycles. The number of rotatable bonds is 4. The molecule has 0 radical (unpaired) electrons. The van der Waals surface area contributed by atoms with Gasteiger partial charge in [0.25, 0.3) is 0 Å². The van der Waals surface area contributed by atoms with E-state index in [0.29, 0.717) is 18.1 Å². The Morgan fingerprint density at radius 2 is 2.50 bits per heavy atom. The van der Waals surface area contributed by atoms with Crippen molar-refractivity contribution < 1.29 is 9.84 Å². The van der Waals surface area contributed by atoms with Crippen LogP contribution in [0.1, 0.15) is 5.69 Å². The molecule has 0 aliphatic rings. The first-order valence-corrected chi connectivity index (χ1v) is 3.66. The first-order valence-electron chi connectivity index (χ1n) is 3.66. The zero-order chi connectivity index (χ0) is 8.81. The van der Waals surface area contributed by atoms with Crippen molar-refractivity contribution >= 4 is 0 Å². The Bertz CT molecular complexity index is 260. The number of nitrogens with zero attached hydrogens (tertiary/aromatic N) is 1. The normalized spacial score (nSPS) is 9.42. The average Bonchev–Trinajstić information content (AvgIpc) is 2.15. The fraction of sp³-hybridized carbons (Fsp3) is 0.222. The molecule has 3 nitrogen and oxygen atoms in total. The van der Waals surface area contributed by atoms with Crippen LogP contribution in [-0.2, 0) is 6.61 Å². The lowest BCUT2D eigenvalue weighted by atomic mass is 10.3. The molecule has 3 heteroatoms. The number of aliphatic hydroxyl groups is 1. The number of aliphatic hydroxyl groups excluding tert-OH is 1. The summed E-state index contributed by atoms with van der Waals surface area (Å²) in [5, 5.41) is 8.75. The number of pyridine rings is 1. The van der Waals surface area contributed by atoms with Gasteiger partial charge in [0.1, 0.15) is 12.4 Å². The first-order chi connectivity index (χ1) is 5.86. The number of aromatic nitrogens is 1. The topological polar surface area (TPSA) is 42.4 Å². The molecule has 64 valence electrons. The van der Waals surface area contributed by atoms with Gasteiger partial charge >= 0.3 is 0 Å². The molecule has 0 aromatic carbocycles. The van der Waals surface area contributed by atoms with Crippen LogP contribution < -0.4 is 4.74 Å². The van der Waals surface area contributed by atoms with Crippen molar-refractivity contribution in [1.29, 1.82) is 0 Å². The third-order valence-electron chi connectivity index (χ3n) is 1.32. The Kier molecular flexibility index (Phi) is 3.29. The number of hydrogen-bond donors (Lipinski definition) is 1. The monoisotopic (exact) mass is 165 g/mol. The molecule has 0 aliphatic carbocycles. The van der Waals surface area contributed by atoms with E-state index in [-0.39, 0.29) is 6.61 Å². The van der Waals surface area contributed by atoms with Crippen LogP contribution in [0.2, 0.25) is 0 Å². The van der Waals surface area contributed by atoms with Crippen LogP contribution >= 0.6 is 0 Å². The molecule has 0 atom stereocenters. The van der Waals surface area contributed by atoms with Crippen LogP contribution in [0.15, 0.2) is 31.0 Å². The third kappa shape index (κ3) is 2.36. The molecule has 1 N–H and O–H groups in total. The van der Waals surface area contributed by atoms with E-state index in [9.17, 15) is 0 Å². The van der Waals surface area contributed by atoms with Crippen LogP contribution in [0.5, 0.6) is 5.75 Å². The van der Waals surface area contributed by atoms with E-state index in [2.05, 4.69) is 11.6 Å². The molecular formula is C9H11NO2. The van der Waals surface area contributed by atoms with Gasteiger partial charge < -0.3 is 9.84 Å². The van der Waals surface area contributed by atoms with E-state index in [1.54, 1.807) is 24.4 Å². The molecule has 0 saturated carbocycles. The van der Waals surface area contributed by atoms with Crippen molar-refractivity contribution in [3.05, 3.63) is 36.7 Å². The molecule has 1 aromatic heterocycles. The lowest BCUT2D eigenvalue weighted by molar-refractivity contribution is 0.275. The molecule has 12 heavy (non-hydrogen) atoms. The summed E-state index contributed by atoms with van der Waals surface area (Å²) < 4.78 is 5.23. The highest BCUT2D eigenvalue weighted by molar-refractivity contribution is 5.22. The second kappa shape index (κ2) is 4.51. The van der Waals surface area contributed by atoms with Crippen molar-refractivity contribution in [2.75, 3.05) is 6.61 Å². The third-order valence-corrected chi connectivity index (χ3v) is 1.32. The summed E-state index contributed by atoms with van der Waals surface area (Å²) in [4.78, 5) is 3.91. The van der Waals surface area contributed by atoms with Crippen molar-refractivity contribution in [2.45, 2.75) is 6.61 Å². The first kappa shape index (κ1) is 8.74. The second-order valence-electron chi connectivity index (χ2n) is 2.24. The van der Waals surface area contributed by atoms with E-state index in [1.165, 1.54) is 0 Å². The van der Waals surface area contributed by atoms with Gasteiger partial charge in [-0.15, -0.1) is 0 Å². The second-order valence-corrected chi connectivity index (χ2v) is 2.24. The van der Waals surface area contributed by atoms with Crippen molar-refractivity contribution in [3.63, 3.8) is 0 Å². The van der Waals surface area contributed by atoms with Gasteiger partial charge in [0.05, 0.1) is 12.3 Å². The van der Waals surface area contributed by atoms with Crippen LogP contribution in [0.25, 0.3) is 0 Å². The van der Waals surface area contributed by atoms with Crippen LogP contribution in [0, 0.1) is 0 Å². The average molecular weight is 165 g/mol. The van der Waals surface area contributed by atoms with Crippen LogP contribution in [0.4, 0.5) is 0 Å². The van der Waals surface area contributed by atoms with Gasteiger partial charge in [-0.2, -0.15) is 0 Å². The maximum Gasteiger partial charge on any atom is 0.123 e. The zero-order valence-corrected chi connectivity index (χ0v) is 6.73. The lowest BCUT2D eigenvalue weighted by Gasteiger charge is -2.02. The van der Waals surface area contributed by atoms with Crippen LogP contribution in [-0.4, -0.2) is 16.7 Å². The van der Waals surface area contributed by atoms with Crippen molar-refractivity contribution in [2.24, 2.45) is 0 Å². The van der Waals surface area contributed by atoms with Gasteiger partial charge in [0, 0.05) is 12.3 Å². The summed E-state index contributed by atoms with van der Waals surface area (Å²) in [7, 11) is 0. The molecule has 0 bridgehead atoms. The molecule has 1 heterocycles. The number of ether oxygens (including phenoxy) is 1. The minimum atomic E-state index is -0.0642. The van der Waals surface area contributed by atoms with Gasteiger partial charge in [-0.3, -0.25) is 4.98 Å². The van der Waals surface area contributed by atoms with Crippen molar-refractivity contribution in [3.8, 4) is 5.75 Å². The molecule has 1 aromatic rings. The van der Waals surface area contributed by atoms with E-state index in [1.807, 2.05) is 0 Å². The van der Waals surface area contributed by atoms with Crippen LogP contribution in [0.3, 0.4) is 0 Å². The molecule has 0 aliphatic heterocycles. The fourth-order valence-electron chi connectivity index (χ4n) is 0.787. The molecule has 0 amide bonds. The van der Waals surface area contributed by atoms with E-state index < -0.39 is 0 Å². The largest absolute Gasteiger partial charge is 0.489 e. The Morgan fingerprint density at radius 3 is 3.17 bits per heavy atom. The fourth-order valence-corrected chi connectivity index (χ4v) is 0.787. The maximum absolute atomic E-state index is 8.75. The Balaban J connectivity index is 2.65. The molecule has 1 rings (SSSR count). The minimum Gasteiger partial charge on any atom is -0.489 e. The zero-order valence-electron chi connectivity index (χ0n) is 6.73. The quantitative estimate of drug-likeness (QED) is 0.680. The SMILES string of the molecule is C=CCOc1ccnc(CO)c1. The summed E-state index contributed by atoms with van der Waals surface area (Å²) in [6, 6.07) is 3.44. The van der Waals surface area contributed by atoms with Gasteiger partial charge in [0.15, 0.2) is 0 Å². The van der Waals surface area contributed by atoms with Gasteiger partial charge in [0.2, 0.25) is 0 Å². The molecule has 0 fully saturated rings. The highest BCUT2D eigenvalue weighted by atomic mass is 16.5. The maximum atomic E-state index is 8.75. The van der Waals surface area contributed by atoms with Gasteiger partial charge in [-0.1, -0.05) is 12.7 Å². The summed E-state index contributed by atoms with van der Waals surface area (Å²) in [5.74, 6) is 0.703. The lowest BCUT2D eigenvalue weighted by Crippen LogP contribution is -1.95. The number of hydrogen-bond acceptors (Lipinski definition) is 3. The van der Waals surface area contributed by atoms with E-state index >= 15 is 0 Å². The van der Waals surface area contributed by atoms with E-state index in [0.717, 1.165) is 0 Å². The van der Waals surface area contributed by atoms with E-state index in [4.69, 9.17) is 9.84 Å². The Hall–Kier alpha value is -1.35. The molecule has 0 unspecified atom stereocenters. The summed E-state index contributed by atoms with van der Waals surface area (Å²) in [6.07, 6.45) is 3.27. The summed E-state index contributed by atoms with van der Waals surface area (Å²) >= 11 is 0. The van der Waals surface area contributed by atoms with Gasteiger partial charge in [-0.05, 0) is 6.07 Å². The Labute approximate surface area is 71.3 Å². The van der Waals surface area contributed by atoms with Gasteiger partial charge in [-0.25, -0.2) is 0 Å². The standard InChI is InChI=1S/C9H11NO2/c1-2-5-12-9-3-4-10-8(6-9)7-11/h2-4,6,11H,1,5,7H2. The summed E-state index contributed by atoms with van der Waals surface area (Å²) in [6.45, 7) is 3.93. The molecule has 0 spiro atoms. The predicted molar refractivity (Wildman–Crippen MR) is 45.9 cm³/mol. The minimum absolute atomic E-state index is 0.0642. The highest BCUT2D eigenvalue weighted by Crippen LogP contribution is 2.10. The highest BCUT2D eigenvalue weighted by Gasteiger charge is 1.94. The Morgan fingerprint density at radius 1 is 1.67 bits per heavy atom.